The molecule has 0 bridgehead atoms. The zero-order chi connectivity index (χ0) is 12.1. The van der Waals surface area contributed by atoms with Crippen molar-refractivity contribution in [3.8, 4) is 0 Å². The molecule has 1 fully saturated rings. The normalized spacial score (nSPS) is 27.1. The third-order valence-electron chi connectivity index (χ3n) is 3.12. The van der Waals surface area contributed by atoms with E-state index in [-0.39, 0.29) is 18.4 Å². The summed E-state index contributed by atoms with van der Waals surface area (Å²) in [6.45, 7) is 2.22. The van der Waals surface area contributed by atoms with Crippen LogP contribution in [0, 0.1) is 5.92 Å². The maximum absolute atomic E-state index is 11.6. The Labute approximate surface area is 95.9 Å². The highest BCUT2D eigenvalue weighted by Crippen LogP contribution is 2.23. The zero-order valence-electron chi connectivity index (χ0n) is 9.74. The number of rotatable bonds is 4. The Kier molecular flexibility index (Phi) is 4.73. The standard InChI is InChI=1S/C11H21N3O2/c1-7-2-4-8(5-3-7)14-11(16)9(12)6-10(13)15/h7-9H,2-6,12H2,1H3,(H2,13,15)(H,14,16). The molecule has 1 saturated carbocycles. The van der Waals surface area contributed by atoms with Gasteiger partial charge < -0.3 is 16.8 Å². The second-order valence-corrected chi connectivity index (χ2v) is 4.74. The number of carbonyl (C=O) groups excluding carboxylic acids is 2. The van der Waals surface area contributed by atoms with Gasteiger partial charge in [-0.15, -0.1) is 0 Å². The third kappa shape index (κ3) is 4.18. The minimum atomic E-state index is -0.808. The van der Waals surface area contributed by atoms with E-state index in [0.29, 0.717) is 0 Å². The lowest BCUT2D eigenvalue weighted by Gasteiger charge is -2.27. The second-order valence-electron chi connectivity index (χ2n) is 4.74. The van der Waals surface area contributed by atoms with Crippen molar-refractivity contribution >= 4 is 11.8 Å². The molecule has 0 heterocycles. The van der Waals surface area contributed by atoms with Crippen LogP contribution in [0.1, 0.15) is 39.0 Å². The average molecular weight is 227 g/mol. The van der Waals surface area contributed by atoms with E-state index >= 15 is 0 Å². The Bertz CT molecular complexity index is 260. The van der Waals surface area contributed by atoms with E-state index in [4.69, 9.17) is 11.5 Å². The molecule has 0 aromatic rings. The summed E-state index contributed by atoms with van der Waals surface area (Å²) in [5.41, 5.74) is 10.5. The predicted molar refractivity (Wildman–Crippen MR) is 61.3 cm³/mol. The molecule has 92 valence electrons. The van der Waals surface area contributed by atoms with E-state index in [2.05, 4.69) is 12.2 Å². The van der Waals surface area contributed by atoms with Gasteiger partial charge in [-0.1, -0.05) is 6.92 Å². The van der Waals surface area contributed by atoms with Crippen LogP contribution in [0.2, 0.25) is 0 Å². The van der Waals surface area contributed by atoms with Crippen LogP contribution >= 0.6 is 0 Å². The first kappa shape index (κ1) is 13.0. The van der Waals surface area contributed by atoms with Crippen LogP contribution in [-0.2, 0) is 9.59 Å². The molecule has 1 aliphatic carbocycles. The maximum atomic E-state index is 11.6. The maximum Gasteiger partial charge on any atom is 0.237 e. The Balaban J connectivity index is 2.31. The molecule has 5 N–H and O–H groups in total. The fourth-order valence-electron chi connectivity index (χ4n) is 2.02. The van der Waals surface area contributed by atoms with Gasteiger partial charge in [0, 0.05) is 6.04 Å². The van der Waals surface area contributed by atoms with Gasteiger partial charge in [0.2, 0.25) is 11.8 Å². The summed E-state index contributed by atoms with van der Waals surface area (Å²) in [4.78, 5) is 22.2. The van der Waals surface area contributed by atoms with E-state index in [1.165, 1.54) is 0 Å². The van der Waals surface area contributed by atoms with Gasteiger partial charge in [-0.25, -0.2) is 0 Å². The smallest absolute Gasteiger partial charge is 0.237 e. The number of carbonyl (C=O) groups is 2. The topological polar surface area (TPSA) is 98.2 Å². The van der Waals surface area contributed by atoms with Crippen molar-refractivity contribution < 1.29 is 9.59 Å². The Hall–Kier alpha value is -1.10. The monoisotopic (exact) mass is 227 g/mol. The van der Waals surface area contributed by atoms with E-state index in [9.17, 15) is 9.59 Å². The van der Waals surface area contributed by atoms with Crippen molar-refractivity contribution in [1.29, 1.82) is 0 Å². The first-order valence-electron chi connectivity index (χ1n) is 5.83. The molecule has 0 radical (unpaired) electrons. The van der Waals surface area contributed by atoms with Crippen molar-refractivity contribution in [2.75, 3.05) is 0 Å². The van der Waals surface area contributed by atoms with Crippen LogP contribution in [0.5, 0.6) is 0 Å². The summed E-state index contributed by atoms with van der Waals surface area (Å²) in [6.07, 6.45) is 4.17. The summed E-state index contributed by atoms with van der Waals surface area (Å²) in [7, 11) is 0. The molecule has 5 nitrogen and oxygen atoms in total. The van der Waals surface area contributed by atoms with Gasteiger partial charge in [0.1, 0.15) is 0 Å². The number of hydrogen-bond donors (Lipinski definition) is 3. The Morgan fingerprint density at radius 2 is 1.88 bits per heavy atom. The SMILES string of the molecule is CC1CCC(NC(=O)C(N)CC(N)=O)CC1. The number of nitrogens with two attached hydrogens (primary N) is 2. The summed E-state index contributed by atoms with van der Waals surface area (Å²) >= 11 is 0. The summed E-state index contributed by atoms with van der Waals surface area (Å²) in [6, 6.07) is -0.598. The fraction of sp³-hybridized carbons (Fsp3) is 0.818. The van der Waals surface area contributed by atoms with Gasteiger partial charge in [-0.3, -0.25) is 9.59 Å². The minimum absolute atomic E-state index is 0.0883. The van der Waals surface area contributed by atoms with E-state index in [1.807, 2.05) is 0 Å². The van der Waals surface area contributed by atoms with E-state index < -0.39 is 11.9 Å². The van der Waals surface area contributed by atoms with Gasteiger partial charge in [0.25, 0.3) is 0 Å². The largest absolute Gasteiger partial charge is 0.370 e. The lowest BCUT2D eigenvalue weighted by atomic mass is 9.87. The van der Waals surface area contributed by atoms with Gasteiger partial charge in [0.15, 0.2) is 0 Å². The van der Waals surface area contributed by atoms with E-state index in [1.54, 1.807) is 0 Å². The van der Waals surface area contributed by atoms with Gasteiger partial charge in [0.05, 0.1) is 12.5 Å². The molecule has 0 saturated heterocycles. The summed E-state index contributed by atoms with van der Waals surface area (Å²) in [5.74, 6) is -0.0642. The van der Waals surface area contributed by atoms with E-state index in [0.717, 1.165) is 31.6 Å². The first-order chi connectivity index (χ1) is 7.49. The van der Waals surface area contributed by atoms with Crippen molar-refractivity contribution in [1.82, 2.24) is 5.32 Å². The van der Waals surface area contributed by atoms with Crippen LogP contribution in [0.4, 0.5) is 0 Å². The molecular formula is C11H21N3O2. The number of nitrogens with one attached hydrogen (secondary N) is 1. The van der Waals surface area contributed by atoms with Crippen LogP contribution in [0.3, 0.4) is 0 Å². The molecule has 1 rings (SSSR count). The Morgan fingerprint density at radius 3 is 2.38 bits per heavy atom. The predicted octanol–water partition coefficient (Wildman–Crippen LogP) is -0.116. The molecule has 1 aliphatic rings. The Morgan fingerprint density at radius 1 is 1.31 bits per heavy atom. The van der Waals surface area contributed by atoms with Crippen molar-refractivity contribution in [3.05, 3.63) is 0 Å². The van der Waals surface area contributed by atoms with Crippen LogP contribution in [-0.4, -0.2) is 23.9 Å². The second kappa shape index (κ2) is 5.84. The number of amides is 2. The summed E-state index contributed by atoms with van der Waals surface area (Å²) in [5, 5.41) is 2.87. The fourth-order valence-corrected chi connectivity index (χ4v) is 2.02. The van der Waals surface area contributed by atoms with Gasteiger partial charge in [-0.05, 0) is 31.6 Å². The highest BCUT2D eigenvalue weighted by atomic mass is 16.2. The summed E-state index contributed by atoms with van der Waals surface area (Å²) < 4.78 is 0. The highest BCUT2D eigenvalue weighted by Gasteiger charge is 2.22. The molecule has 0 spiro atoms. The van der Waals surface area contributed by atoms with Gasteiger partial charge >= 0.3 is 0 Å². The quantitative estimate of drug-likeness (QED) is 0.624. The van der Waals surface area contributed by atoms with Crippen LogP contribution in [0.15, 0.2) is 0 Å². The van der Waals surface area contributed by atoms with Crippen LogP contribution < -0.4 is 16.8 Å². The lowest BCUT2D eigenvalue weighted by molar-refractivity contribution is -0.127. The number of hydrogen-bond acceptors (Lipinski definition) is 3. The molecular weight excluding hydrogens is 206 g/mol. The lowest BCUT2D eigenvalue weighted by Crippen LogP contribution is -2.47. The highest BCUT2D eigenvalue weighted by molar-refractivity contribution is 5.87. The third-order valence-corrected chi connectivity index (χ3v) is 3.12. The molecule has 0 aromatic heterocycles. The van der Waals surface area contributed by atoms with Crippen molar-refractivity contribution in [3.63, 3.8) is 0 Å². The molecule has 0 aliphatic heterocycles. The molecule has 1 unspecified atom stereocenters. The van der Waals surface area contributed by atoms with Crippen LogP contribution in [0.25, 0.3) is 0 Å². The number of primary amides is 1. The molecule has 2 amide bonds. The molecule has 16 heavy (non-hydrogen) atoms. The molecule has 5 heteroatoms. The minimum Gasteiger partial charge on any atom is -0.370 e. The molecule has 0 aromatic carbocycles. The zero-order valence-corrected chi connectivity index (χ0v) is 9.74. The average Bonchev–Trinajstić information content (AvgIpc) is 2.20. The molecule has 1 atom stereocenters. The van der Waals surface area contributed by atoms with Gasteiger partial charge in [-0.2, -0.15) is 0 Å². The van der Waals surface area contributed by atoms with Crippen molar-refractivity contribution in [2.45, 2.75) is 51.1 Å². The van der Waals surface area contributed by atoms with Crippen molar-refractivity contribution in [2.24, 2.45) is 17.4 Å². The first-order valence-corrected chi connectivity index (χ1v) is 5.83.